The number of ether oxygens (including phenoxy) is 1. The van der Waals surface area contributed by atoms with Gasteiger partial charge in [0.05, 0.1) is 6.20 Å². The number of hydrogen-bond acceptors (Lipinski definition) is 3. The fraction of sp³-hybridized carbons (Fsp3) is 0.353. The quantitative estimate of drug-likeness (QED) is 0.818. The fourth-order valence-electron chi connectivity index (χ4n) is 2.65. The molecule has 20 heavy (non-hydrogen) atoms. The lowest BCUT2D eigenvalue weighted by Gasteiger charge is -2.36. The van der Waals surface area contributed by atoms with Crippen LogP contribution < -0.4 is 10.1 Å². The minimum absolute atomic E-state index is 0.637. The molecule has 2 aromatic rings. The van der Waals surface area contributed by atoms with Crippen molar-refractivity contribution in [1.29, 1.82) is 0 Å². The number of aromatic nitrogens is 1. The Kier molecular flexibility index (Phi) is 4.28. The van der Waals surface area contributed by atoms with Crippen molar-refractivity contribution in [3.05, 3.63) is 60.4 Å². The van der Waals surface area contributed by atoms with E-state index >= 15 is 0 Å². The molecule has 1 fully saturated rings. The van der Waals surface area contributed by atoms with Crippen molar-refractivity contribution in [2.24, 2.45) is 0 Å². The molecule has 0 atom stereocenters. The monoisotopic (exact) mass is 268 g/mol. The molecule has 0 radical (unpaired) electrons. The predicted octanol–water partition coefficient (Wildman–Crippen LogP) is 3.00. The molecule has 1 aliphatic rings. The van der Waals surface area contributed by atoms with Gasteiger partial charge in [0.25, 0.3) is 0 Å². The van der Waals surface area contributed by atoms with Crippen molar-refractivity contribution in [3.63, 3.8) is 0 Å². The second-order valence-electron chi connectivity index (χ2n) is 5.27. The minimum Gasteiger partial charge on any atom is -0.491 e. The fourth-order valence-corrected chi connectivity index (χ4v) is 2.65. The van der Waals surface area contributed by atoms with Gasteiger partial charge in [-0.3, -0.25) is 4.98 Å². The molecule has 104 valence electrons. The van der Waals surface area contributed by atoms with E-state index in [1.165, 1.54) is 18.4 Å². The molecule has 0 bridgehead atoms. The highest BCUT2D eigenvalue weighted by Crippen LogP contribution is 2.36. The third-order valence-electron chi connectivity index (χ3n) is 3.85. The number of pyridine rings is 1. The van der Waals surface area contributed by atoms with Crippen LogP contribution >= 0.6 is 0 Å². The molecule has 0 saturated heterocycles. The topological polar surface area (TPSA) is 34.1 Å². The van der Waals surface area contributed by atoms with Gasteiger partial charge in [0.15, 0.2) is 0 Å². The lowest BCUT2D eigenvalue weighted by atomic mass is 9.76. The summed E-state index contributed by atoms with van der Waals surface area (Å²) in [5, 5.41) is 3.54. The molecule has 1 N–H and O–H groups in total. The van der Waals surface area contributed by atoms with Gasteiger partial charge in [-0.1, -0.05) is 30.3 Å². The van der Waals surface area contributed by atoms with Crippen LogP contribution in [0.1, 0.15) is 24.3 Å². The number of benzene rings is 1. The van der Waals surface area contributed by atoms with Crippen molar-refractivity contribution in [3.8, 4) is 5.75 Å². The summed E-state index contributed by atoms with van der Waals surface area (Å²) in [6, 6.07) is 15.2. The van der Waals surface area contributed by atoms with E-state index < -0.39 is 0 Å². The maximum atomic E-state index is 5.61. The van der Waals surface area contributed by atoms with E-state index in [2.05, 4.69) is 40.6 Å². The SMILES string of the molecule is c1ccc(C2CC(NCCOc3cccnc3)C2)cc1. The molecule has 0 unspecified atom stereocenters. The number of nitrogens with one attached hydrogen (secondary N) is 1. The first kappa shape index (κ1) is 13.1. The minimum atomic E-state index is 0.637. The van der Waals surface area contributed by atoms with E-state index in [9.17, 15) is 0 Å². The first-order valence-corrected chi connectivity index (χ1v) is 7.23. The standard InChI is InChI=1S/C17H20N2O/c1-2-5-14(6-3-1)15-11-16(12-15)19-9-10-20-17-7-4-8-18-13-17/h1-8,13,15-16,19H,9-12H2. The van der Waals surface area contributed by atoms with E-state index in [4.69, 9.17) is 4.74 Å². The highest BCUT2D eigenvalue weighted by molar-refractivity contribution is 5.22. The van der Waals surface area contributed by atoms with Gasteiger partial charge in [0.2, 0.25) is 0 Å². The number of rotatable bonds is 6. The Morgan fingerprint density at radius 1 is 1.10 bits per heavy atom. The molecular formula is C17H20N2O. The average Bonchev–Trinajstić information content (AvgIpc) is 2.47. The Morgan fingerprint density at radius 2 is 1.95 bits per heavy atom. The summed E-state index contributed by atoms with van der Waals surface area (Å²) in [7, 11) is 0. The molecule has 3 rings (SSSR count). The second-order valence-corrected chi connectivity index (χ2v) is 5.27. The number of hydrogen-bond donors (Lipinski definition) is 1. The molecular weight excluding hydrogens is 248 g/mol. The van der Waals surface area contributed by atoms with Gasteiger partial charge in [-0.05, 0) is 36.5 Å². The summed E-state index contributed by atoms with van der Waals surface area (Å²) in [6.07, 6.45) is 5.96. The highest BCUT2D eigenvalue weighted by Gasteiger charge is 2.29. The van der Waals surface area contributed by atoms with E-state index in [0.29, 0.717) is 12.6 Å². The zero-order valence-electron chi connectivity index (χ0n) is 11.5. The lowest BCUT2D eigenvalue weighted by Crippen LogP contribution is -2.41. The van der Waals surface area contributed by atoms with Crippen molar-refractivity contribution in [1.82, 2.24) is 10.3 Å². The first-order chi connectivity index (χ1) is 9.92. The van der Waals surface area contributed by atoms with Gasteiger partial charge in [-0.25, -0.2) is 0 Å². The van der Waals surface area contributed by atoms with E-state index in [1.54, 1.807) is 12.4 Å². The van der Waals surface area contributed by atoms with Crippen molar-refractivity contribution in [2.45, 2.75) is 24.8 Å². The maximum absolute atomic E-state index is 5.61. The van der Waals surface area contributed by atoms with Gasteiger partial charge in [0.1, 0.15) is 12.4 Å². The lowest BCUT2D eigenvalue weighted by molar-refractivity contribution is 0.254. The molecule has 0 amide bonds. The summed E-state index contributed by atoms with van der Waals surface area (Å²) < 4.78 is 5.61. The zero-order chi connectivity index (χ0) is 13.6. The summed E-state index contributed by atoms with van der Waals surface area (Å²) in [6.45, 7) is 1.58. The molecule has 1 saturated carbocycles. The van der Waals surface area contributed by atoms with Gasteiger partial charge >= 0.3 is 0 Å². The molecule has 3 heteroatoms. The van der Waals surface area contributed by atoms with Crippen molar-refractivity contribution in [2.75, 3.05) is 13.2 Å². The van der Waals surface area contributed by atoms with Crippen LogP contribution in [0.15, 0.2) is 54.9 Å². The van der Waals surface area contributed by atoms with E-state index in [1.807, 2.05) is 12.1 Å². The summed E-state index contributed by atoms with van der Waals surface area (Å²) in [4.78, 5) is 4.02. The molecule has 0 aliphatic heterocycles. The van der Waals surface area contributed by atoms with Crippen LogP contribution in [-0.2, 0) is 0 Å². The Hall–Kier alpha value is -1.87. The molecule has 1 heterocycles. The Balaban J connectivity index is 1.32. The van der Waals surface area contributed by atoms with E-state index in [0.717, 1.165) is 18.2 Å². The van der Waals surface area contributed by atoms with Crippen LogP contribution in [0.25, 0.3) is 0 Å². The molecule has 3 nitrogen and oxygen atoms in total. The van der Waals surface area contributed by atoms with Crippen molar-refractivity contribution < 1.29 is 4.74 Å². The van der Waals surface area contributed by atoms with Gasteiger partial charge in [-0.2, -0.15) is 0 Å². The molecule has 1 aliphatic carbocycles. The summed E-state index contributed by atoms with van der Waals surface area (Å²) >= 11 is 0. The Labute approximate surface area is 120 Å². The van der Waals surface area contributed by atoms with Gasteiger partial charge in [-0.15, -0.1) is 0 Å². The van der Waals surface area contributed by atoms with Crippen LogP contribution in [0.5, 0.6) is 5.75 Å². The van der Waals surface area contributed by atoms with Gasteiger partial charge in [0, 0.05) is 18.8 Å². The van der Waals surface area contributed by atoms with Crippen LogP contribution in [0.2, 0.25) is 0 Å². The maximum Gasteiger partial charge on any atom is 0.137 e. The highest BCUT2D eigenvalue weighted by atomic mass is 16.5. The van der Waals surface area contributed by atoms with Crippen LogP contribution in [-0.4, -0.2) is 24.2 Å². The smallest absolute Gasteiger partial charge is 0.137 e. The Morgan fingerprint density at radius 3 is 2.70 bits per heavy atom. The Bertz CT molecular complexity index is 509. The first-order valence-electron chi connectivity index (χ1n) is 7.23. The predicted molar refractivity (Wildman–Crippen MR) is 79.9 cm³/mol. The van der Waals surface area contributed by atoms with Gasteiger partial charge < -0.3 is 10.1 Å². The normalized spacial score (nSPS) is 21.2. The van der Waals surface area contributed by atoms with E-state index in [-0.39, 0.29) is 0 Å². The zero-order valence-corrected chi connectivity index (χ0v) is 11.5. The third-order valence-corrected chi connectivity index (χ3v) is 3.85. The van der Waals surface area contributed by atoms with Crippen LogP contribution in [0, 0.1) is 0 Å². The molecule has 1 aromatic heterocycles. The van der Waals surface area contributed by atoms with Crippen LogP contribution in [0.4, 0.5) is 0 Å². The summed E-state index contributed by atoms with van der Waals surface area (Å²) in [5.74, 6) is 1.57. The number of nitrogens with zero attached hydrogens (tertiary/aromatic N) is 1. The average molecular weight is 268 g/mol. The summed E-state index contributed by atoms with van der Waals surface area (Å²) in [5.41, 5.74) is 1.47. The molecule has 0 spiro atoms. The molecule has 1 aromatic carbocycles. The third kappa shape index (κ3) is 3.36. The second kappa shape index (κ2) is 6.53. The largest absolute Gasteiger partial charge is 0.491 e. The van der Waals surface area contributed by atoms with Crippen molar-refractivity contribution >= 4 is 0 Å². The van der Waals surface area contributed by atoms with Crippen LogP contribution in [0.3, 0.4) is 0 Å².